The molecule has 0 aliphatic rings. The molecule has 1 unspecified atom stereocenters. The summed E-state index contributed by atoms with van der Waals surface area (Å²) in [7, 11) is 0. The van der Waals surface area contributed by atoms with Crippen LogP contribution in [-0.2, 0) is 0 Å². The number of hydrogen-bond acceptors (Lipinski definition) is 5. The Kier molecular flexibility index (Phi) is 4.82. The number of carbonyl (C=O) groups is 1. The quantitative estimate of drug-likeness (QED) is 0.416. The third kappa shape index (κ3) is 3.65. The van der Waals surface area contributed by atoms with Crippen LogP contribution in [0.25, 0.3) is 0 Å². The maximum Gasteiger partial charge on any atom is 0.284 e. The number of nitrogens with zero attached hydrogens (tertiary/aromatic N) is 1. The Balaban J connectivity index is 2.91. The van der Waals surface area contributed by atoms with Crippen molar-refractivity contribution in [2.24, 2.45) is 5.92 Å². The minimum absolute atomic E-state index is 0.0159. The first-order valence-corrected chi connectivity index (χ1v) is 5.83. The molecule has 1 aromatic carbocycles. The van der Waals surface area contributed by atoms with Gasteiger partial charge in [0.2, 0.25) is 0 Å². The van der Waals surface area contributed by atoms with E-state index in [1.54, 1.807) is 13.8 Å². The van der Waals surface area contributed by atoms with Crippen LogP contribution in [0.5, 0.6) is 0 Å². The number of nitro benzene ring substituents is 1. The van der Waals surface area contributed by atoms with Crippen molar-refractivity contribution in [3.8, 4) is 0 Å². The number of nitrogens with two attached hydrogens (primary N) is 1. The van der Waals surface area contributed by atoms with E-state index in [1.165, 1.54) is 18.2 Å². The van der Waals surface area contributed by atoms with Gasteiger partial charge in [0, 0.05) is 12.6 Å². The molecule has 0 aromatic heterocycles. The maximum absolute atomic E-state index is 11.9. The Bertz CT molecular complexity index is 488. The van der Waals surface area contributed by atoms with E-state index in [0.717, 1.165) is 0 Å². The van der Waals surface area contributed by atoms with Gasteiger partial charge in [-0.05, 0) is 12.0 Å². The summed E-state index contributed by atoms with van der Waals surface area (Å²) in [5, 5.41) is 22.9. The second-order valence-corrected chi connectivity index (χ2v) is 4.52. The van der Waals surface area contributed by atoms with Crippen molar-refractivity contribution >= 4 is 17.3 Å². The summed E-state index contributed by atoms with van der Waals surface area (Å²) in [6.45, 7) is 3.62. The SMILES string of the molecule is CC(C)C(O)CNC(=O)c1c(N)cccc1[N+](=O)[O-]. The van der Waals surface area contributed by atoms with Crippen LogP contribution in [0.1, 0.15) is 24.2 Å². The average molecular weight is 267 g/mol. The molecule has 104 valence electrons. The highest BCUT2D eigenvalue weighted by Crippen LogP contribution is 2.23. The fourth-order valence-corrected chi connectivity index (χ4v) is 1.48. The van der Waals surface area contributed by atoms with E-state index in [-0.39, 0.29) is 29.4 Å². The zero-order chi connectivity index (χ0) is 14.6. The second-order valence-electron chi connectivity index (χ2n) is 4.52. The maximum atomic E-state index is 11.9. The topological polar surface area (TPSA) is 118 Å². The van der Waals surface area contributed by atoms with Crippen LogP contribution < -0.4 is 11.1 Å². The zero-order valence-electron chi connectivity index (χ0n) is 10.8. The van der Waals surface area contributed by atoms with Crippen LogP contribution in [0.15, 0.2) is 18.2 Å². The molecule has 7 nitrogen and oxygen atoms in total. The lowest BCUT2D eigenvalue weighted by molar-refractivity contribution is -0.385. The number of hydrogen-bond donors (Lipinski definition) is 3. The first-order chi connectivity index (χ1) is 8.84. The minimum Gasteiger partial charge on any atom is -0.398 e. The number of carbonyl (C=O) groups excluding carboxylic acids is 1. The molecule has 0 aliphatic heterocycles. The highest BCUT2D eigenvalue weighted by molar-refractivity contribution is 6.03. The van der Waals surface area contributed by atoms with Crippen LogP contribution in [-0.4, -0.2) is 28.6 Å². The molecule has 0 heterocycles. The highest BCUT2D eigenvalue weighted by Gasteiger charge is 2.23. The van der Waals surface area contributed by atoms with E-state index >= 15 is 0 Å². The second kappa shape index (κ2) is 6.14. The molecule has 0 aliphatic carbocycles. The molecule has 0 saturated heterocycles. The van der Waals surface area contributed by atoms with Gasteiger partial charge in [0.1, 0.15) is 5.56 Å². The summed E-state index contributed by atoms with van der Waals surface area (Å²) in [4.78, 5) is 22.1. The number of rotatable bonds is 5. The monoisotopic (exact) mass is 267 g/mol. The van der Waals surface area contributed by atoms with E-state index < -0.39 is 16.9 Å². The van der Waals surface area contributed by atoms with E-state index in [4.69, 9.17) is 5.73 Å². The summed E-state index contributed by atoms with van der Waals surface area (Å²) >= 11 is 0. The van der Waals surface area contributed by atoms with Gasteiger partial charge in [-0.15, -0.1) is 0 Å². The summed E-state index contributed by atoms with van der Waals surface area (Å²) in [6.07, 6.45) is -0.715. The lowest BCUT2D eigenvalue weighted by Gasteiger charge is -2.15. The van der Waals surface area contributed by atoms with Crippen LogP contribution in [0.2, 0.25) is 0 Å². The van der Waals surface area contributed by atoms with E-state index in [2.05, 4.69) is 5.32 Å². The molecular formula is C12H17N3O4. The van der Waals surface area contributed by atoms with Gasteiger partial charge in [-0.1, -0.05) is 19.9 Å². The molecule has 1 aromatic rings. The number of anilines is 1. The first kappa shape index (κ1) is 14.9. The third-order valence-electron chi connectivity index (χ3n) is 2.74. The molecule has 0 fully saturated rings. The average Bonchev–Trinajstić information content (AvgIpc) is 2.34. The number of nitrogens with one attached hydrogen (secondary N) is 1. The van der Waals surface area contributed by atoms with Crippen molar-refractivity contribution in [2.75, 3.05) is 12.3 Å². The third-order valence-corrected chi connectivity index (χ3v) is 2.74. The Morgan fingerprint density at radius 1 is 1.53 bits per heavy atom. The van der Waals surface area contributed by atoms with Gasteiger partial charge in [-0.3, -0.25) is 14.9 Å². The van der Waals surface area contributed by atoms with Gasteiger partial charge in [-0.2, -0.15) is 0 Å². The van der Waals surface area contributed by atoms with Crippen molar-refractivity contribution in [2.45, 2.75) is 20.0 Å². The zero-order valence-corrected chi connectivity index (χ0v) is 10.8. The van der Waals surface area contributed by atoms with Crippen LogP contribution in [0.4, 0.5) is 11.4 Å². The predicted molar refractivity (Wildman–Crippen MR) is 70.7 cm³/mol. The predicted octanol–water partition coefficient (Wildman–Crippen LogP) is 0.924. The Morgan fingerprint density at radius 3 is 2.68 bits per heavy atom. The molecule has 1 atom stereocenters. The molecular weight excluding hydrogens is 250 g/mol. The Morgan fingerprint density at radius 2 is 2.16 bits per heavy atom. The Hall–Kier alpha value is -2.15. The van der Waals surface area contributed by atoms with E-state index in [9.17, 15) is 20.0 Å². The van der Waals surface area contributed by atoms with Crippen molar-refractivity contribution < 1.29 is 14.8 Å². The number of amides is 1. The fraction of sp³-hybridized carbons (Fsp3) is 0.417. The normalized spacial score (nSPS) is 12.2. The van der Waals surface area contributed by atoms with Gasteiger partial charge in [0.05, 0.1) is 16.7 Å². The van der Waals surface area contributed by atoms with Gasteiger partial charge in [0.25, 0.3) is 11.6 Å². The van der Waals surface area contributed by atoms with Crippen molar-refractivity contribution in [1.29, 1.82) is 0 Å². The molecule has 4 N–H and O–H groups in total. The molecule has 0 radical (unpaired) electrons. The first-order valence-electron chi connectivity index (χ1n) is 5.83. The number of aliphatic hydroxyl groups is 1. The summed E-state index contributed by atoms with van der Waals surface area (Å²) in [5.74, 6) is -0.687. The summed E-state index contributed by atoms with van der Waals surface area (Å²) in [5.41, 5.74) is 5.10. The number of aliphatic hydroxyl groups excluding tert-OH is 1. The van der Waals surface area contributed by atoms with Gasteiger partial charge in [-0.25, -0.2) is 0 Å². The minimum atomic E-state index is -0.715. The number of benzene rings is 1. The van der Waals surface area contributed by atoms with Crippen molar-refractivity contribution in [1.82, 2.24) is 5.32 Å². The smallest absolute Gasteiger partial charge is 0.284 e. The van der Waals surface area contributed by atoms with Gasteiger partial charge < -0.3 is 16.2 Å². The Labute approximate surface area is 110 Å². The number of nitro groups is 1. The fourth-order valence-electron chi connectivity index (χ4n) is 1.48. The lowest BCUT2D eigenvalue weighted by Crippen LogP contribution is -2.35. The molecule has 0 spiro atoms. The molecule has 19 heavy (non-hydrogen) atoms. The van der Waals surface area contributed by atoms with Gasteiger partial charge in [0.15, 0.2) is 0 Å². The highest BCUT2D eigenvalue weighted by atomic mass is 16.6. The van der Waals surface area contributed by atoms with E-state index in [1.807, 2.05) is 0 Å². The molecule has 1 amide bonds. The lowest BCUT2D eigenvalue weighted by atomic mass is 10.1. The van der Waals surface area contributed by atoms with Crippen LogP contribution in [0, 0.1) is 16.0 Å². The summed E-state index contributed by atoms with van der Waals surface area (Å²) < 4.78 is 0. The standard InChI is InChI=1S/C12H17N3O4/c1-7(2)10(16)6-14-12(17)11-8(13)4-3-5-9(11)15(18)19/h3-5,7,10,16H,6,13H2,1-2H3,(H,14,17). The number of nitrogen functional groups attached to an aromatic ring is 1. The van der Waals surface area contributed by atoms with Gasteiger partial charge >= 0.3 is 0 Å². The molecule has 0 saturated carbocycles. The molecule has 7 heteroatoms. The molecule has 0 bridgehead atoms. The van der Waals surface area contributed by atoms with Crippen LogP contribution in [0.3, 0.4) is 0 Å². The van der Waals surface area contributed by atoms with Crippen molar-refractivity contribution in [3.63, 3.8) is 0 Å². The summed E-state index contributed by atoms with van der Waals surface area (Å²) in [6, 6.07) is 4.04. The van der Waals surface area contributed by atoms with Crippen molar-refractivity contribution in [3.05, 3.63) is 33.9 Å². The van der Waals surface area contributed by atoms with E-state index in [0.29, 0.717) is 0 Å². The molecule has 1 rings (SSSR count). The van der Waals surface area contributed by atoms with Crippen LogP contribution >= 0.6 is 0 Å². The largest absolute Gasteiger partial charge is 0.398 e.